The number of hydrogen-bond donors (Lipinski definition) is 3. The second-order valence-corrected chi connectivity index (χ2v) is 10.5. The van der Waals surface area contributed by atoms with E-state index in [2.05, 4.69) is 0 Å². The monoisotopic (exact) mass is 408 g/mol. The van der Waals surface area contributed by atoms with Crippen LogP contribution in [0, 0.1) is 28.6 Å². The van der Waals surface area contributed by atoms with E-state index in [1.54, 1.807) is 6.08 Å². The van der Waals surface area contributed by atoms with Crippen molar-refractivity contribution in [3.8, 4) is 0 Å². The highest BCUT2D eigenvalue weighted by atomic mass is 35.5. The van der Waals surface area contributed by atoms with E-state index >= 15 is 0 Å². The molecule has 28 heavy (non-hydrogen) atoms. The van der Waals surface area contributed by atoms with Crippen LogP contribution in [0.1, 0.15) is 52.9 Å². The summed E-state index contributed by atoms with van der Waals surface area (Å²) in [5.74, 6) is -1.34. The average Bonchev–Trinajstić information content (AvgIpc) is 2.77. The highest BCUT2D eigenvalue weighted by Crippen LogP contribution is 2.71. The summed E-state index contributed by atoms with van der Waals surface area (Å²) in [6.45, 7) is 5.83. The Balaban J connectivity index is 1.81. The van der Waals surface area contributed by atoms with Gasteiger partial charge in [0.2, 0.25) is 0 Å². The van der Waals surface area contributed by atoms with Crippen LogP contribution in [-0.4, -0.2) is 43.7 Å². The Kier molecular flexibility index (Phi) is 4.26. The van der Waals surface area contributed by atoms with E-state index in [9.17, 15) is 24.9 Å². The number of alkyl halides is 1. The molecule has 0 aromatic carbocycles. The summed E-state index contributed by atoms with van der Waals surface area (Å²) in [5.41, 5.74) is -1.78. The lowest BCUT2D eigenvalue weighted by Gasteiger charge is -2.64. The molecular weight excluding hydrogens is 380 g/mol. The van der Waals surface area contributed by atoms with Gasteiger partial charge in [-0.2, -0.15) is 0 Å². The van der Waals surface area contributed by atoms with Crippen LogP contribution in [0.3, 0.4) is 0 Å². The van der Waals surface area contributed by atoms with Crippen molar-refractivity contribution in [1.82, 2.24) is 0 Å². The minimum Gasteiger partial charge on any atom is -0.481 e. The Morgan fingerprint density at radius 2 is 2.00 bits per heavy atom. The number of aliphatic hydroxyl groups excluding tert-OH is 1. The number of carbonyl (C=O) groups is 2. The molecule has 0 aromatic rings. The molecule has 3 N–H and O–H groups in total. The highest BCUT2D eigenvalue weighted by Gasteiger charge is 2.73. The first-order valence-electron chi connectivity index (χ1n) is 10.2. The van der Waals surface area contributed by atoms with Gasteiger partial charge in [0.15, 0.2) is 5.78 Å². The van der Waals surface area contributed by atoms with E-state index in [-0.39, 0.29) is 36.4 Å². The van der Waals surface area contributed by atoms with Gasteiger partial charge in [-0.3, -0.25) is 9.59 Å². The summed E-state index contributed by atoms with van der Waals surface area (Å²) < 4.78 is 0. The van der Waals surface area contributed by atoms with Gasteiger partial charge in [-0.05, 0) is 55.6 Å². The summed E-state index contributed by atoms with van der Waals surface area (Å²) in [7, 11) is 0. The topological polar surface area (TPSA) is 94.8 Å². The number of carboxylic acid groups (broad SMARTS) is 1. The molecule has 3 fully saturated rings. The second kappa shape index (κ2) is 5.93. The summed E-state index contributed by atoms with van der Waals surface area (Å²) >= 11 is 7.31. The van der Waals surface area contributed by atoms with E-state index in [0.29, 0.717) is 6.42 Å². The molecule has 5 nitrogen and oxygen atoms in total. The summed E-state index contributed by atoms with van der Waals surface area (Å²) in [5, 5.41) is 32.3. The van der Waals surface area contributed by atoms with Gasteiger partial charge in [0, 0.05) is 10.8 Å². The Labute approximate surface area is 170 Å². The third-order valence-electron chi connectivity index (χ3n) is 8.86. The van der Waals surface area contributed by atoms with Crippen LogP contribution in [0.25, 0.3) is 0 Å². The molecule has 3 saturated carbocycles. The van der Waals surface area contributed by atoms with Crippen LogP contribution in [0.2, 0.25) is 0 Å². The first-order valence-corrected chi connectivity index (χ1v) is 10.5. The third-order valence-corrected chi connectivity index (χ3v) is 9.79. The van der Waals surface area contributed by atoms with Crippen LogP contribution in [-0.2, 0) is 9.59 Å². The first kappa shape index (κ1) is 20.1. The number of carboxylic acids is 1. The maximum Gasteiger partial charge on any atom is 0.306 e. The number of carbonyl (C=O) groups excluding carboxylic acids is 1. The van der Waals surface area contributed by atoms with Crippen molar-refractivity contribution in [1.29, 1.82) is 0 Å². The van der Waals surface area contributed by atoms with Crippen molar-refractivity contribution in [2.24, 2.45) is 28.6 Å². The summed E-state index contributed by atoms with van der Waals surface area (Å²) in [4.78, 5) is 22.5. The highest BCUT2D eigenvalue weighted by molar-refractivity contribution is 6.26. The zero-order valence-electron chi connectivity index (χ0n) is 16.6. The standard InChI is InChI=1S/C22H29ClO5/c1-12-8-16-15-5-4-13-9-14(24)6-7-19(13,2)22(15,23)17(25)10-20(16,3)21(12,28)11-18(26)27/h6-7,9,12,15-17,25,28H,4-5,8,10-11H2,1-3H3,(H,26,27)/t12-,15+,16+,17+,19+,20+,21-,22+/m1/s1. The Bertz CT molecular complexity index is 805. The van der Waals surface area contributed by atoms with E-state index in [0.717, 1.165) is 18.4 Å². The molecule has 0 aromatic heterocycles. The predicted molar refractivity (Wildman–Crippen MR) is 105 cm³/mol. The maximum absolute atomic E-state index is 11.9. The summed E-state index contributed by atoms with van der Waals surface area (Å²) in [6, 6.07) is 0. The van der Waals surface area contributed by atoms with Gasteiger partial charge in [-0.25, -0.2) is 0 Å². The second-order valence-electron chi connectivity index (χ2n) is 9.90. The van der Waals surface area contributed by atoms with Gasteiger partial charge >= 0.3 is 5.97 Å². The number of allylic oxidation sites excluding steroid dienone is 4. The van der Waals surface area contributed by atoms with Crippen molar-refractivity contribution in [2.45, 2.75) is 69.5 Å². The van der Waals surface area contributed by atoms with Gasteiger partial charge in [0.05, 0.1) is 23.0 Å². The predicted octanol–water partition coefficient (Wildman–Crippen LogP) is 3.08. The van der Waals surface area contributed by atoms with Crippen LogP contribution >= 0.6 is 11.6 Å². The van der Waals surface area contributed by atoms with E-state index in [4.69, 9.17) is 11.6 Å². The fourth-order valence-corrected chi connectivity index (χ4v) is 7.76. The smallest absolute Gasteiger partial charge is 0.306 e. The lowest BCUT2D eigenvalue weighted by atomic mass is 9.45. The van der Waals surface area contributed by atoms with Gasteiger partial charge in [-0.15, -0.1) is 11.6 Å². The zero-order valence-corrected chi connectivity index (χ0v) is 17.4. The van der Waals surface area contributed by atoms with Crippen LogP contribution in [0.4, 0.5) is 0 Å². The van der Waals surface area contributed by atoms with E-state index in [1.807, 2.05) is 26.8 Å². The van der Waals surface area contributed by atoms with Crippen molar-refractivity contribution < 1.29 is 24.9 Å². The molecule has 0 radical (unpaired) electrons. The van der Waals surface area contributed by atoms with Crippen LogP contribution in [0.5, 0.6) is 0 Å². The average molecular weight is 409 g/mol. The Hall–Kier alpha value is -1.17. The van der Waals surface area contributed by atoms with E-state index in [1.165, 1.54) is 6.08 Å². The van der Waals surface area contributed by atoms with Crippen molar-refractivity contribution in [3.05, 3.63) is 23.8 Å². The molecule has 0 bridgehead atoms. The minimum absolute atomic E-state index is 0.0113. The number of aliphatic hydroxyl groups is 2. The SMILES string of the molecule is C[C@@H]1C[C@H]2[C@@H]3CCC4=CC(=O)C=C[C@]4(C)[C@@]3(Cl)[C@@H](O)C[C@]2(C)[C@@]1(O)CC(=O)O. The summed E-state index contributed by atoms with van der Waals surface area (Å²) in [6.07, 6.45) is 6.16. The fraction of sp³-hybridized carbons (Fsp3) is 0.727. The molecule has 4 aliphatic carbocycles. The number of ketones is 1. The van der Waals surface area contributed by atoms with Crippen molar-refractivity contribution in [3.63, 3.8) is 0 Å². The molecule has 0 spiro atoms. The molecule has 0 saturated heterocycles. The number of halogens is 1. The zero-order chi connectivity index (χ0) is 20.7. The molecule has 0 heterocycles. The molecule has 4 rings (SSSR count). The third kappa shape index (κ3) is 2.21. The molecule has 0 aliphatic heterocycles. The number of rotatable bonds is 2. The van der Waals surface area contributed by atoms with Gasteiger partial charge < -0.3 is 15.3 Å². The molecular formula is C22H29ClO5. The molecule has 4 aliphatic rings. The van der Waals surface area contributed by atoms with Gasteiger partial charge in [-0.1, -0.05) is 32.4 Å². The lowest BCUT2D eigenvalue weighted by Crippen LogP contribution is -2.68. The van der Waals surface area contributed by atoms with Gasteiger partial charge in [0.25, 0.3) is 0 Å². The van der Waals surface area contributed by atoms with Crippen molar-refractivity contribution in [2.75, 3.05) is 0 Å². The van der Waals surface area contributed by atoms with Gasteiger partial charge in [0.1, 0.15) is 0 Å². The molecule has 0 amide bonds. The largest absolute Gasteiger partial charge is 0.481 e. The Morgan fingerprint density at radius 1 is 1.32 bits per heavy atom. The number of aliphatic carboxylic acids is 1. The quantitative estimate of drug-likeness (QED) is 0.610. The van der Waals surface area contributed by atoms with Crippen molar-refractivity contribution >= 4 is 23.4 Å². The lowest BCUT2D eigenvalue weighted by molar-refractivity contribution is -0.176. The Morgan fingerprint density at radius 3 is 2.64 bits per heavy atom. The van der Waals surface area contributed by atoms with E-state index < -0.39 is 33.4 Å². The van der Waals surface area contributed by atoms with Crippen LogP contribution < -0.4 is 0 Å². The number of hydrogen-bond acceptors (Lipinski definition) is 4. The maximum atomic E-state index is 11.9. The number of fused-ring (bicyclic) bond motifs is 5. The molecule has 154 valence electrons. The molecule has 8 atom stereocenters. The van der Waals surface area contributed by atoms with Crippen LogP contribution in [0.15, 0.2) is 23.8 Å². The normalized spacial score (nSPS) is 52.5. The fourth-order valence-electron chi connectivity index (χ4n) is 7.24. The molecule has 6 heteroatoms. The first-order chi connectivity index (χ1) is 12.9. The minimum atomic E-state index is -1.38. The molecule has 0 unspecified atom stereocenters.